The number of aryl methyl sites for hydroxylation is 4. The quantitative estimate of drug-likeness (QED) is 0.634. The molecule has 0 saturated carbocycles. The number of hydrogen-bond acceptors (Lipinski definition) is 4. The molecular formula is C23H32N2O2. The minimum Gasteiger partial charge on any atom is -0.438 e. The van der Waals surface area contributed by atoms with E-state index in [2.05, 4.69) is 64.6 Å². The van der Waals surface area contributed by atoms with Gasteiger partial charge in [0.05, 0.1) is 17.4 Å². The van der Waals surface area contributed by atoms with Crippen molar-refractivity contribution >= 4 is 5.69 Å². The second-order valence-electron chi connectivity index (χ2n) is 7.71. The number of anilines is 1. The fourth-order valence-electron chi connectivity index (χ4n) is 4.14. The van der Waals surface area contributed by atoms with Crippen molar-refractivity contribution in [2.45, 2.75) is 73.5 Å². The van der Waals surface area contributed by atoms with Crippen LogP contribution in [0.15, 0.2) is 18.2 Å². The van der Waals surface area contributed by atoms with E-state index in [0.29, 0.717) is 18.7 Å². The first-order chi connectivity index (χ1) is 12.8. The van der Waals surface area contributed by atoms with Crippen molar-refractivity contribution in [2.75, 3.05) is 11.6 Å². The number of nitrogens with zero attached hydrogens (tertiary/aromatic N) is 2. The van der Waals surface area contributed by atoms with Gasteiger partial charge in [-0.2, -0.15) is 0 Å². The number of hydrogen-bond donors (Lipinski definition) is 0. The summed E-state index contributed by atoms with van der Waals surface area (Å²) in [6.07, 6.45) is 2.13. The smallest absolute Gasteiger partial charge is 0.227 e. The van der Waals surface area contributed by atoms with Crippen LogP contribution in [-0.4, -0.2) is 17.8 Å². The van der Waals surface area contributed by atoms with Crippen molar-refractivity contribution in [1.82, 2.24) is 4.98 Å². The summed E-state index contributed by atoms with van der Waals surface area (Å²) >= 11 is 0. The minimum atomic E-state index is -0.0419. The molecule has 0 radical (unpaired) electrons. The van der Waals surface area contributed by atoms with Gasteiger partial charge in [-0.3, -0.25) is 0 Å². The molecule has 1 aromatic carbocycles. The lowest BCUT2D eigenvalue weighted by atomic mass is 10.0. The van der Waals surface area contributed by atoms with Crippen LogP contribution < -0.4 is 9.64 Å². The third-order valence-corrected chi connectivity index (χ3v) is 5.50. The summed E-state index contributed by atoms with van der Waals surface area (Å²) in [6, 6.07) is 6.94. The van der Waals surface area contributed by atoms with Gasteiger partial charge in [-0.15, -0.1) is 0 Å². The molecule has 3 rings (SSSR count). The normalized spacial score (nSPS) is 16.6. The van der Waals surface area contributed by atoms with Crippen LogP contribution in [0, 0.1) is 27.7 Å². The average Bonchev–Trinajstić information content (AvgIpc) is 2.60. The van der Waals surface area contributed by atoms with Crippen LogP contribution in [0.5, 0.6) is 11.6 Å². The first-order valence-electron chi connectivity index (χ1n) is 10.0. The van der Waals surface area contributed by atoms with Crippen LogP contribution in [0.2, 0.25) is 0 Å². The molecule has 4 nitrogen and oxygen atoms in total. The molecule has 1 aromatic heterocycles. The summed E-state index contributed by atoms with van der Waals surface area (Å²) in [7, 11) is 0. The molecule has 2 aromatic rings. The molecule has 0 amide bonds. The highest BCUT2D eigenvalue weighted by Gasteiger charge is 2.31. The Labute approximate surface area is 163 Å². The molecule has 4 heteroatoms. The molecule has 1 atom stereocenters. The van der Waals surface area contributed by atoms with E-state index in [1.165, 1.54) is 11.3 Å². The van der Waals surface area contributed by atoms with E-state index in [0.717, 1.165) is 41.0 Å². The van der Waals surface area contributed by atoms with Crippen molar-refractivity contribution in [3.8, 4) is 11.6 Å². The monoisotopic (exact) mass is 368 g/mol. The number of benzene rings is 1. The molecule has 0 spiro atoms. The zero-order valence-electron chi connectivity index (χ0n) is 17.7. The number of ether oxygens (including phenoxy) is 2. The summed E-state index contributed by atoms with van der Waals surface area (Å²) in [5, 5.41) is 0. The molecule has 146 valence electrons. The predicted octanol–water partition coefficient (Wildman–Crippen LogP) is 6.15. The Kier molecular flexibility index (Phi) is 5.75. The Balaban J connectivity index is 2.10. The van der Waals surface area contributed by atoms with E-state index < -0.39 is 0 Å². The van der Waals surface area contributed by atoms with E-state index in [-0.39, 0.29) is 6.10 Å². The summed E-state index contributed by atoms with van der Waals surface area (Å²) in [6.45, 7) is 15.5. The van der Waals surface area contributed by atoms with Crippen LogP contribution in [-0.2, 0) is 4.74 Å². The Morgan fingerprint density at radius 2 is 1.74 bits per heavy atom. The Morgan fingerprint density at radius 3 is 2.33 bits per heavy atom. The highest BCUT2D eigenvalue weighted by molar-refractivity contribution is 5.62. The predicted molar refractivity (Wildman–Crippen MR) is 111 cm³/mol. The molecule has 2 heterocycles. The zero-order chi connectivity index (χ0) is 19.7. The maximum absolute atomic E-state index is 6.42. The molecule has 0 aliphatic carbocycles. The fraction of sp³-hybridized carbons (Fsp3) is 0.522. The zero-order valence-corrected chi connectivity index (χ0v) is 17.7. The number of pyridine rings is 1. The summed E-state index contributed by atoms with van der Waals surface area (Å²) in [5.41, 5.74) is 6.73. The first kappa shape index (κ1) is 19.7. The van der Waals surface area contributed by atoms with Crippen LogP contribution in [0.25, 0.3) is 0 Å². The highest BCUT2D eigenvalue weighted by Crippen LogP contribution is 2.43. The Hall–Kier alpha value is -2.07. The molecule has 0 saturated heterocycles. The molecule has 27 heavy (non-hydrogen) atoms. The Bertz CT molecular complexity index is 804. The largest absolute Gasteiger partial charge is 0.438 e. The van der Waals surface area contributed by atoms with Crippen molar-refractivity contribution in [3.63, 3.8) is 0 Å². The van der Waals surface area contributed by atoms with E-state index in [9.17, 15) is 0 Å². The summed E-state index contributed by atoms with van der Waals surface area (Å²) in [4.78, 5) is 7.12. The maximum atomic E-state index is 6.42. The molecular weight excluding hydrogens is 336 g/mol. The van der Waals surface area contributed by atoms with E-state index in [1.54, 1.807) is 0 Å². The third-order valence-electron chi connectivity index (χ3n) is 5.50. The molecule has 0 fully saturated rings. The highest BCUT2D eigenvalue weighted by atomic mass is 16.5. The van der Waals surface area contributed by atoms with Gasteiger partial charge in [0, 0.05) is 11.7 Å². The van der Waals surface area contributed by atoms with Crippen molar-refractivity contribution in [1.29, 1.82) is 0 Å². The fourth-order valence-corrected chi connectivity index (χ4v) is 4.14. The average molecular weight is 369 g/mol. The van der Waals surface area contributed by atoms with Gasteiger partial charge in [0.1, 0.15) is 12.5 Å². The van der Waals surface area contributed by atoms with Gasteiger partial charge in [-0.05, 0) is 64.7 Å². The van der Waals surface area contributed by atoms with Gasteiger partial charge in [0.2, 0.25) is 5.88 Å². The number of fused-ring (bicyclic) bond motifs is 1. The van der Waals surface area contributed by atoms with Crippen molar-refractivity contribution < 1.29 is 9.47 Å². The van der Waals surface area contributed by atoms with Crippen molar-refractivity contribution in [2.24, 2.45) is 0 Å². The standard InChI is InChI=1S/C23H32N2O2/c1-8-19(9-2)25-13-26-18(7)21-20(25)12-17(6)24-23(21)27-22-15(4)10-14(3)11-16(22)5/h10-12,18-19H,8-9,13H2,1-7H3. The third kappa shape index (κ3) is 3.81. The van der Waals surface area contributed by atoms with E-state index in [1.807, 2.05) is 6.92 Å². The number of rotatable bonds is 5. The van der Waals surface area contributed by atoms with Crippen LogP contribution in [0.1, 0.15) is 67.7 Å². The van der Waals surface area contributed by atoms with Gasteiger partial charge in [-0.1, -0.05) is 31.5 Å². The molecule has 1 aliphatic rings. The minimum absolute atomic E-state index is 0.0419. The molecule has 1 aliphatic heterocycles. The topological polar surface area (TPSA) is 34.6 Å². The lowest BCUT2D eigenvalue weighted by molar-refractivity contribution is 0.0486. The van der Waals surface area contributed by atoms with E-state index in [4.69, 9.17) is 14.5 Å². The van der Waals surface area contributed by atoms with Gasteiger partial charge in [0.25, 0.3) is 0 Å². The lowest BCUT2D eigenvalue weighted by Gasteiger charge is -2.39. The van der Waals surface area contributed by atoms with Crippen molar-refractivity contribution in [3.05, 3.63) is 46.1 Å². The summed E-state index contributed by atoms with van der Waals surface area (Å²) in [5.74, 6) is 1.57. The molecule has 1 unspecified atom stereocenters. The SMILES string of the molecule is CCC(CC)N1COC(C)c2c1cc(C)nc2Oc1c(C)cc(C)cc1C. The lowest BCUT2D eigenvalue weighted by Crippen LogP contribution is -2.40. The van der Waals surface area contributed by atoms with Gasteiger partial charge in [0.15, 0.2) is 0 Å². The van der Waals surface area contributed by atoms with Gasteiger partial charge >= 0.3 is 0 Å². The molecule has 0 N–H and O–H groups in total. The van der Waals surface area contributed by atoms with E-state index >= 15 is 0 Å². The second-order valence-corrected chi connectivity index (χ2v) is 7.71. The van der Waals surface area contributed by atoms with Gasteiger partial charge in [-0.25, -0.2) is 4.98 Å². The molecule has 0 bridgehead atoms. The van der Waals surface area contributed by atoms with Crippen LogP contribution >= 0.6 is 0 Å². The van der Waals surface area contributed by atoms with Crippen LogP contribution in [0.3, 0.4) is 0 Å². The number of aromatic nitrogens is 1. The van der Waals surface area contributed by atoms with Gasteiger partial charge < -0.3 is 14.4 Å². The second kappa shape index (κ2) is 7.89. The first-order valence-corrected chi connectivity index (χ1v) is 10.0. The Morgan fingerprint density at radius 1 is 1.11 bits per heavy atom. The summed E-state index contributed by atoms with van der Waals surface area (Å²) < 4.78 is 12.5. The van der Waals surface area contributed by atoms with Crippen LogP contribution in [0.4, 0.5) is 5.69 Å². The maximum Gasteiger partial charge on any atom is 0.227 e.